The van der Waals surface area contributed by atoms with Crippen LogP contribution in [0.2, 0.25) is 0 Å². The molecule has 0 saturated carbocycles. The van der Waals surface area contributed by atoms with Gasteiger partial charge in [-0.05, 0) is 35.5 Å². The molecule has 180 valence electrons. The number of aliphatic hydroxyl groups is 1. The number of piperazine rings is 1. The monoisotopic (exact) mass is 470 g/mol. The van der Waals surface area contributed by atoms with E-state index in [0.717, 1.165) is 42.3 Å². The molecule has 1 aliphatic rings. The van der Waals surface area contributed by atoms with Crippen molar-refractivity contribution >= 4 is 30.3 Å². The maximum Gasteiger partial charge on any atom is 0.228 e. The molecular formula is C26H30N8O. The van der Waals surface area contributed by atoms with Crippen LogP contribution < -0.4 is 10.2 Å². The van der Waals surface area contributed by atoms with Crippen LogP contribution in [0.25, 0.3) is 0 Å². The molecule has 9 nitrogen and oxygen atoms in total. The summed E-state index contributed by atoms with van der Waals surface area (Å²) in [6.07, 6.45) is 4.63. The number of anilines is 2. The average Bonchev–Trinajstić information content (AvgIpc) is 2.92. The molecule has 1 fully saturated rings. The Labute approximate surface area is 205 Å². The number of aromatic nitrogens is 2. The lowest BCUT2D eigenvalue weighted by Crippen LogP contribution is -2.49. The Bertz CT molecular complexity index is 1170. The van der Waals surface area contributed by atoms with E-state index in [2.05, 4.69) is 58.9 Å². The fourth-order valence-corrected chi connectivity index (χ4v) is 3.85. The Morgan fingerprint density at radius 1 is 0.971 bits per heavy atom. The summed E-state index contributed by atoms with van der Waals surface area (Å²) >= 11 is 0. The van der Waals surface area contributed by atoms with E-state index in [0.29, 0.717) is 25.0 Å². The van der Waals surface area contributed by atoms with E-state index in [1.807, 2.05) is 54.9 Å². The molecule has 35 heavy (non-hydrogen) atoms. The highest BCUT2D eigenvalue weighted by molar-refractivity contribution is 6.03. The number of hydrogen-bond acceptors (Lipinski definition) is 5. The molecule has 1 saturated heterocycles. The summed E-state index contributed by atoms with van der Waals surface area (Å²) < 4.78 is 0. The Balaban J connectivity index is 1.35. The minimum absolute atomic E-state index is 0.0272. The fourth-order valence-electron chi connectivity index (χ4n) is 3.85. The molecule has 0 atom stereocenters. The Kier molecular flexibility index (Phi) is 8.13. The van der Waals surface area contributed by atoms with Gasteiger partial charge in [-0.15, -0.1) is 0 Å². The summed E-state index contributed by atoms with van der Waals surface area (Å²) in [5.74, 6) is 1.66. The number of nitrogens with one attached hydrogen (secondary N) is 1. The zero-order valence-electron chi connectivity index (χ0n) is 19.9. The van der Waals surface area contributed by atoms with E-state index in [4.69, 9.17) is 0 Å². The lowest BCUT2D eigenvalue weighted by atomic mass is 10.1. The largest absolute Gasteiger partial charge is 0.392 e. The lowest BCUT2D eigenvalue weighted by molar-refractivity contribution is 0.282. The van der Waals surface area contributed by atoms with Gasteiger partial charge in [0.15, 0.2) is 0 Å². The predicted molar refractivity (Wildman–Crippen MR) is 141 cm³/mol. The minimum atomic E-state index is -0.0272. The van der Waals surface area contributed by atoms with Gasteiger partial charge in [0.25, 0.3) is 0 Å². The molecule has 9 heteroatoms. The Morgan fingerprint density at radius 2 is 1.69 bits per heavy atom. The van der Waals surface area contributed by atoms with Crippen LogP contribution in [-0.2, 0) is 13.0 Å². The van der Waals surface area contributed by atoms with Crippen molar-refractivity contribution in [2.75, 3.05) is 43.4 Å². The van der Waals surface area contributed by atoms with Crippen LogP contribution >= 0.6 is 0 Å². The van der Waals surface area contributed by atoms with Crippen LogP contribution in [0.5, 0.6) is 0 Å². The first-order valence-electron chi connectivity index (χ1n) is 11.5. The Morgan fingerprint density at radius 3 is 2.34 bits per heavy atom. The van der Waals surface area contributed by atoms with Crippen LogP contribution in [0.3, 0.4) is 0 Å². The second kappa shape index (κ2) is 11.8. The fraction of sp³-hybridized carbons (Fsp3) is 0.269. The number of aliphatic imine (C=N–C) groups is 3. The maximum atomic E-state index is 9.36. The third-order valence-electron chi connectivity index (χ3n) is 5.71. The molecule has 4 rings (SSSR count). The molecule has 2 aromatic carbocycles. The summed E-state index contributed by atoms with van der Waals surface area (Å²) in [4.78, 5) is 26.4. The van der Waals surface area contributed by atoms with Crippen LogP contribution in [0.1, 0.15) is 16.7 Å². The Hall–Kier alpha value is -4.11. The summed E-state index contributed by atoms with van der Waals surface area (Å²) in [5.41, 5.74) is 3.93. The highest BCUT2D eigenvalue weighted by Crippen LogP contribution is 2.15. The number of guanidine groups is 2. The first-order valence-corrected chi connectivity index (χ1v) is 11.5. The van der Waals surface area contributed by atoms with Crippen molar-refractivity contribution in [1.29, 1.82) is 0 Å². The van der Waals surface area contributed by atoms with Gasteiger partial charge < -0.3 is 20.2 Å². The molecule has 0 unspecified atom stereocenters. The second-order valence-corrected chi connectivity index (χ2v) is 8.13. The molecule has 1 aliphatic heterocycles. The van der Waals surface area contributed by atoms with Crippen molar-refractivity contribution in [2.24, 2.45) is 15.0 Å². The van der Waals surface area contributed by atoms with Crippen molar-refractivity contribution in [1.82, 2.24) is 14.9 Å². The average molecular weight is 471 g/mol. The van der Waals surface area contributed by atoms with Crippen molar-refractivity contribution < 1.29 is 5.11 Å². The standard InChI is InChI=1S/C26H30N8O/c1-27-24(31-23-10-6-9-21(16-23)19-35)32-25(28-2)33-11-13-34(14-12-33)26-29-17-22(18-30-26)15-20-7-4-3-5-8-20/h3-10,16-18,35H,2,11-15,19H2,1H3,(H,27,31). The summed E-state index contributed by atoms with van der Waals surface area (Å²) in [6.45, 7) is 6.59. The topological polar surface area (TPSA) is 102 Å². The molecule has 0 spiro atoms. The normalized spacial score (nSPS) is 14.7. The first kappa shape index (κ1) is 24.0. The van der Waals surface area contributed by atoms with Gasteiger partial charge in [-0.2, -0.15) is 4.99 Å². The van der Waals surface area contributed by atoms with Crippen molar-refractivity contribution in [3.8, 4) is 0 Å². The molecule has 0 amide bonds. The van der Waals surface area contributed by atoms with Crippen LogP contribution in [0.4, 0.5) is 11.6 Å². The predicted octanol–water partition coefficient (Wildman–Crippen LogP) is 2.84. The summed E-state index contributed by atoms with van der Waals surface area (Å²) in [5, 5.41) is 12.5. The number of rotatable bonds is 5. The second-order valence-electron chi connectivity index (χ2n) is 8.13. The van der Waals surface area contributed by atoms with E-state index < -0.39 is 0 Å². The number of benzene rings is 2. The summed E-state index contributed by atoms with van der Waals surface area (Å²) in [7, 11) is 1.67. The minimum Gasteiger partial charge on any atom is -0.392 e. The van der Waals surface area contributed by atoms with E-state index in [1.54, 1.807) is 7.05 Å². The van der Waals surface area contributed by atoms with Crippen molar-refractivity contribution in [3.63, 3.8) is 0 Å². The first-order chi connectivity index (χ1) is 17.2. The van der Waals surface area contributed by atoms with Gasteiger partial charge in [0.1, 0.15) is 0 Å². The molecule has 2 N–H and O–H groups in total. The molecule has 3 aromatic rings. The highest BCUT2D eigenvalue weighted by Gasteiger charge is 2.21. The molecule has 0 radical (unpaired) electrons. The third kappa shape index (κ3) is 6.48. The van der Waals surface area contributed by atoms with Gasteiger partial charge in [0.05, 0.1) is 6.61 Å². The molecule has 0 aliphatic carbocycles. The molecule has 2 heterocycles. The SMILES string of the molecule is C=NC(=NC(=NC)Nc1cccc(CO)c1)N1CCN(c2ncc(Cc3ccccc3)cn2)CC1. The summed E-state index contributed by atoms with van der Waals surface area (Å²) in [6, 6.07) is 17.8. The number of hydrogen-bond donors (Lipinski definition) is 2. The van der Waals surface area contributed by atoms with Gasteiger partial charge in [0, 0.05) is 57.7 Å². The van der Waals surface area contributed by atoms with E-state index in [-0.39, 0.29) is 6.61 Å². The van der Waals surface area contributed by atoms with E-state index >= 15 is 0 Å². The van der Waals surface area contributed by atoms with Gasteiger partial charge in [0.2, 0.25) is 17.9 Å². The molecule has 0 bridgehead atoms. The number of aliphatic hydroxyl groups excluding tert-OH is 1. The van der Waals surface area contributed by atoms with Crippen molar-refractivity contribution in [3.05, 3.63) is 83.7 Å². The highest BCUT2D eigenvalue weighted by atomic mass is 16.3. The molecular weight excluding hydrogens is 440 g/mol. The lowest BCUT2D eigenvalue weighted by Gasteiger charge is -2.35. The van der Waals surface area contributed by atoms with E-state index in [9.17, 15) is 5.11 Å². The molecule has 1 aromatic heterocycles. The van der Waals surface area contributed by atoms with Crippen LogP contribution in [0, 0.1) is 0 Å². The van der Waals surface area contributed by atoms with Crippen molar-refractivity contribution in [2.45, 2.75) is 13.0 Å². The van der Waals surface area contributed by atoms with Gasteiger partial charge in [-0.3, -0.25) is 4.99 Å². The van der Waals surface area contributed by atoms with Gasteiger partial charge in [-0.25, -0.2) is 15.0 Å². The smallest absolute Gasteiger partial charge is 0.228 e. The van der Waals surface area contributed by atoms with Gasteiger partial charge in [-0.1, -0.05) is 42.5 Å². The van der Waals surface area contributed by atoms with E-state index in [1.165, 1.54) is 5.56 Å². The van der Waals surface area contributed by atoms with Crippen LogP contribution in [-0.4, -0.2) is 71.8 Å². The van der Waals surface area contributed by atoms with Gasteiger partial charge >= 0.3 is 0 Å². The maximum absolute atomic E-state index is 9.36. The number of nitrogens with zero attached hydrogens (tertiary/aromatic N) is 7. The zero-order chi connectivity index (χ0) is 24.5. The zero-order valence-corrected chi connectivity index (χ0v) is 19.9. The third-order valence-corrected chi connectivity index (χ3v) is 5.71. The quantitative estimate of drug-likeness (QED) is 0.439. The van der Waals surface area contributed by atoms with Crippen LogP contribution in [0.15, 0.2) is 82.0 Å².